The van der Waals surface area contributed by atoms with Gasteiger partial charge >= 0.3 is 5.00 Å². The molecule has 2 aliphatic rings. The summed E-state index contributed by atoms with van der Waals surface area (Å²) in [5.41, 5.74) is 0. The maximum absolute atomic E-state index is 10.7. The number of nitrogens with zero attached hydrogens (tertiary/aromatic N) is 3. The SMILES string of the molecule is O=[N+]([O-])c1cnc(N2CCC(NCC3CC3)CC2)s1. The smallest absolute Gasteiger partial charge is 0.345 e. The van der Waals surface area contributed by atoms with Gasteiger partial charge in [-0.15, -0.1) is 0 Å². The van der Waals surface area contributed by atoms with Gasteiger partial charge in [0.15, 0.2) is 5.13 Å². The number of piperidine rings is 1. The third-order valence-corrected chi connectivity index (χ3v) is 4.83. The van der Waals surface area contributed by atoms with Gasteiger partial charge in [0.2, 0.25) is 0 Å². The van der Waals surface area contributed by atoms with E-state index >= 15 is 0 Å². The van der Waals surface area contributed by atoms with Crippen LogP contribution in [0.5, 0.6) is 0 Å². The van der Waals surface area contributed by atoms with Crippen LogP contribution in [-0.2, 0) is 0 Å². The van der Waals surface area contributed by atoms with E-state index < -0.39 is 0 Å². The fourth-order valence-corrected chi connectivity index (χ4v) is 3.20. The predicted octanol–water partition coefficient (Wildman–Crippen LogP) is 2.02. The summed E-state index contributed by atoms with van der Waals surface area (Å²) in [5.74, 6) is 0.916. The Labute approximate surface area is 116 Å². The Balaban J connectivity index is 1.49. The Kier molecular flexibility index (Phi) is 3.65. The molecule has 1 aromatic rings. The molecule has 6 nitrogen and oxygen atoms in total. The number of rotatable bonds is 5. The second kappa shape index (κ2) is 5.42. The molecule has 1 saturated carbocycles. The van der Waals surface area contributed by atoms with E-state index in [0.29, 0.717) is 6.04 Å². The topological polar surface area (TPSA) is 71.3 Å². The van der Waals surface area contributed by atoms with Crippen molar-refractivity contribution in [3.63, 3.8) is 0 Å². The quantitative estimate of drug-likeness (QED) is 0.661. The van der Waals surface area contributed by atoms with E-state index in [2.05, 4.69) is 15.2 Å². The molecule has 2 fully saturated rings. The normalized spacial score (nSPS) is 20.7. The van der Waals surface area contributed by atoms with E-state index in [9.17, 15) is 10.1 Å². The van der Waals surface area contributed by atoms with Gasteiger partial charge in [-0.1, -0.05) is 0 Å². The van der Waals surface area contributed by atoms with Gasteiger partial charge in [0.25, 0.3) is 0 Å². The van der Waals surface area contributed by atoms with E-state index in [1.54, 1.807) is 0 Å². The summed E-state index contributed by atoms with van der Waals surface area (Å²) in [7, 11) is 0. The molecule has 19 heavy (non-hydrogen) atoms. The Morgan fingerprint density at radius 2 is 2.16 bits per heavy atom. The molecule has 3 rings (SSSR count). The average molecular weight is 282 g/mol. The van der Waals surface area contributed by atoms with Crippen molar-refractivity contribution in [1.82, 2.24) is 10.3 Å². The largest absolute Gasteiger partial charge is 0.348 e. The molecule has 0 radical (unpaired) electrons. The summed E-state index contributed by atoms with van der Waals surface area (Å²) in [4.78, 5) is 16.6. The minimum absolute atomic E-state index is 0.129. The maximum Gasteiger partial charge on any atom is 0.345 e. The lowest BCUT2D eigenvalue weighted by atomic mass is 10.1. The molecule has 7 heteroatoms. The van der Waals surface area contributed by atoms with Crippen LogP contribution >= 0.6 is 11.3 Å². The molecule has 2 heterocycles. The second-order valence-electron chi connectivity index (χ2n) is 5.35. The number of nitrogens with one attached hydrogen (secondary N) is 1. The zero-order valence-corrected chi connectivity index (χ0v) is 11.6. The van der Waals surface area contributed by atoms with Crippen molar-refractivity contribution >= 4 is 21.5 Å². The summed E-state index contributed by atoms with van der Waals surface area (Å²) in [6.45, 7) is 3.04. The predicted molar refractivity (Wildman–Crippen MR) is 74.7 cm³/mol. The summed E-state index contributed by atoms with van der Waals surface area (Å²) in [6.07, 6.45) is 6.32. The lowest BCUT2D eigenvalue weighted by molar-refractivity contribution is -0.380. The first kappa shape index (κ1) is 12.8. The zero-order valence-electron chi connectivity index (χ0n) is 10.7. The van der Waals surface area contributed by atoms with Crippen molar-refractivity contribution in [3.05, 3.63) is 16.3 Å². The van der Waals surface area contributed by atoms with Gasteiger partial charge in [-0.3, -0.25) is 10.1 Å². The zero-order chi connectivity index (χ0) is 13.2. The Morgan fingerprint density at radius 1 is 1.42 bits per heavy atom. The van der Waals surface area contributed by atoms with Crippen molar-refractivity contribution in [2.24, 2.45) is 5.92 Å². The molecule has 1 aromatic heterocycles. The van der Waals surface area contributed by atoms with Gasteiger partial charge in [-0.05, 0) is 49.5 Å². The van der Waals surface area contributed by atoms with Crippen molar-refractivity contribution in [2.75, 3.05) is 24.5 Å². The van der Waals surface area contributed by atoms with E-state index in [0.717, 1.165) is 43.5 Å². The molecular formula is C12H18N4O2S. The average Bonchev–Trinajstić information content (AvgIpc) is 3.11. The number of hydrogen-bond donors (Lipinski definition) is 1. The van der Waals surface area contributed by atoms with Crippen LogP contribution in [0, 0.1) is 16.0 Å². The number of anilines is 1. The van der Waals surface area contributed by atoms with Crippen LogP contribution in [0.3, 0.4) is 0 Å². The van der Waals surface area contributed by atoms with Crippen LogP contribution in [0.4, 0.5) is 10.1 Å². The Morgan fingerprint density at radius 3 is 2.74 bits per heavy atom. The molecule has 104 valence electrons. The van der Waals surface area contributed by atoms with E-state index in [1.165, 1.54) is 30.4 Å². The lowest BCUT2D eigenvalue weighted by Crippen LogP contribution is -2.43. The highest BCUT2D eigenvalue weighted by atomic mass is 32.1. The number of hydrogen-bond acceptors (Lipinski definition) is 6. The minimum atomic E-state index is -0.370. The number of nitro groups is 1. The molecular weight excluding hydrogens is 264 g/mol. The van der Waals surface area contributed by atoms with Gasteiger partial charge in [0, 0.05) is 19.1 Å². The van der Waals surface area contributed by atoms with Crippen molar-refractivity contribution in [3.8, 4) is 0 Å². The third kappa shape index (κ3) is 3.22. The molecule has 1 aliphatic heterocycles. The van der Waals surface area contributed by atoms with Crippen LogP contribution < -0.4 is 10.2 Å². The fraction of sp³-hybridized carbons (Fsp3) is 0.750. The van der Waals surface area contributed by atoms with Crippen LogP contribution in [0.25, 0.3) is 0 Å². The van der Waals surface area contributed by atoms with Crippen molar-refractivity contribution in [2.45, 2.75) is 31.7 Å². The second-order valence-corrected chi connectivity index (χ2v) is 6.34. The third-order valence-electron chi connectivity index (χ3n) is 3.82. The molecule has 0 atom stereocenters. The van der Waals surface area contributed by atoms with Crippen LogP contribution in [0.15, 0.2) is 6.20 Å². The Bertz CT molecular complexity index is 452. The fourth-order valence-electron chi connectivity index (χ4n) is 2.42. The first-order chi connectivity index (χ1) is 9.22. The molecule has 1 N–H and O–H groups in total. The van der Waals surface area contributed by atoms with Crippen LogP contribution in [-0.4, -0.2) is 35.6 Å². The summed E-state index contributed by atoms with van der Waals surface area (Å²) in [5, 5.41) is 15.2. The first-order valence-electron chi connectivity index (χ1n) is 6.81. The van der Waals surface area contributed by atoms with E-state index in [4.69, 9.17) is 0 Å². The van der Waals surface area contributed by atoms with Crippen LogP contribution in [0.2, 0.25) is 0 Å². The highest BCUT2D eigenvalue weighted by molar-refractivity contribution is 7.18. The maximum atomic E-state index is 10.7. The lowest BCUT2D eigenvalue weighted by Gasteiger charge is -2.32. The summed E-state index contributed by atoms with van der Waals surface area (Å²) >= 11 is 1.17. The molecule has 0 aromatic carbocycles. The summed E-state index contributed by atoms with van der Waals surface area (Å²) < 4.78 is 0. The standard InChI is InChI=1S/C12H18N4O2S/c17-16(18)11-8-14-12(19-11)15-5-3-10(4-6-15)13-7-9-1-2-9/h8-10,13H,1-7H2. The summed E-state index contributed by atoms with van der Waals surface area (Å²) in [6, 6.07) is 0.604. The molecule has 1 saturated heterocycles. The van der Waals surface area contributed by atoms with Gasteiger partial charge < -0.3 is 10.2 Å². The van der Waals surface area contributed by atoms with Gasteiger partial charge in [0.1, 0.15) is 6.20 Å². The van der Waals surface area contributed by atoms with E-state index in [-0.39, 0.29) is 9.92 Å². The van der Waals surface area contributed by atoms with Gasteiger partial charge in [0.05, 0.1) is 4.92 Å². The van der Waals surface area contributed by atoms with Gasteiger partial charge in [-0.2, -0.15) is 0 Å². The van der Waals surface area contributed by atoms with Crippen LogP contribution in [0.1, 0.15) is 25.7 Å². The first-order valence-corrected chi connectivity index (χ1v) is 7.62. The highest BCUT2D eigenvalue weighted by Gasteiger charge is 2.25. The molecule has 1 aliphatic carbocycles. The minimum Gasteiger partial charge on any atom is -0.348 e. The van der Waals surface area contributed by atoms with E-state index in [1.807, 2.05) is 0 Å². The Hall–Kier alpha value is -1.21. The molecule has 0 spiro atoms. The van der Waals surface area contributed by atoms with Crippen molar-refractivity contribution < 1.29 is 4.92 Å². The van der Waals surface area contributed by atoms with Gasteiger partial charge in [-0.25, -0.2) is 4.98 Å². The molecule has 0 amide bonds. The number of thiazole rings is 1. The monoisotopic (exact) mass is 282 g/mol. The molecule has 0 unspecified atom stereocenters. The molecule has 0 bridgehead atoms. The highest BCUT2D eigenvalue weighted by Crippen LogP contribution is 2.31. The number of aromatic nitrogens is 1. The van der Waals surface area contributed by atoms with Crippen molar-refractivity contribution in [1.29, 1.82) is 0 Å².